The number of rotatable bonds is 8. The van der Waals surface area contributed by atoms with Crippen LogP contribution in [0, 0.1) is 6.92 Å². The lowest BCUT2D eigenvalue weighted by molar-refractivity contribution is -0.142. The second-order valence-electron chi connectivity index (χ2n) is 7.78. The Kier molecular flexibility index (Phi) is 7.53. The third kappa shape index (κ3) is 5.03. The summed E-state index contributed by atoms with van der Waals surface area (Å²) in [4.78, 5) is 27.9. The van der Waals surface area contributed by atoms with Crippen molar-refractivity contribution in [3.8, 4) is 5.69 Å². The van der Waals surface area contributed by atoms with Crippen molar-refractivity contribution in [3.63, 3.8) is 0 Å². The molecule has 1 aliphatic rings. The van der Waals surface area contributed by atoms with Crippen molar-refractivity contribution in [1.29, 1.82) is 0 Å². The molecule has 30 heavy (non-hydrogen) atoms. The predicted molar refractivity (Wildman–Crippen MR) is 119 cm³/mol. The van der Waals surface area contributed by atoms with Crippen LogP contribution in [0.5, 0.6) is 0 Å². The van der Waals surface area contributed by atoms with E-state index >= 15 is 0 Å². The molecule has 0 aliphatic heterocycles. The average Bonchev–Trinajstić information content (AvgIpc) is 3.23. The standard InChI is InChI=1S/C22H31N5O2S/c1-4-26(5-2)20(29)22(13-7-6-8-14-22)24-19(28)15-30-21-25-23-16-27(21)18-11-9-17(3)10-12-18/h9-12,16H,4-8,13-15H2,1-3H3,(H,24,28). The van der Waals surface area contributed by atoms with Crippen LogP contribution in [0.1, 0.15) is 51.5 Å². The summed E-state index contributed by atoms with van der Waals surface area (Å²) in [5.74, 6) is 0.104. The lowest BCUT2D eigenvalue weighted by atomic mass is 9.80. The minimum atomic E-state index is -0.771. The van der Waals surface area contributed by atoms with E-state index in [1.807, 2.05) is 54.5 Å². The van der Waals surface area contributed by atoms with Crippen LogP contribution in [-0.2, 0) is 9.59 Å². The summed E-state index contributed by atoms with van der Waals surface area (Å²) in [6, 6.07) is 8.06. The number of hydrogen-bond acceptors (Lipinski definition) is 5. The van der Waals surface area contributed by atoms with E-state index in [0.29, 0.717) is 31.1 Å². The van der Waals surface area contributed by atoms with Gasteiger partial charge in [0.25, 0.3) is 0 Å². The minimum absolute atomic E-state index is 0.0494. The number of carbonyl (C=O) groups excluding carboxylic acids is 2. The van der Waals surface area contributed by atoms with Crippen LogP contribution in [0.3, 0.4) is 0 Å². The van der Waals surface area contributed by atoms with E-state index < -0.39 is 5.54 Å². The van der Waals surface area contributed by atoms with Crippen LogP contribution in [-0.4, -0.2) is 55.9 Å². The maximum atomic E-state index is 13.2. The molecule has 3 rings (SSSR count). The van der Waals surface area contributed by atoms with Gasteiger partial charge in [-0.05, 0) is 45.7 Å². The van der Waals surface area contributed by atoms with Crippen LogP contribution in [0.2, 0.25) is 0 Å². The van der Waals surface area contributed by atoms with Crippen molar-refractivity contribution in [3.05, 3.63) is 36.2 Å². The molecule has 1 N–H and O–H groups in total. The van der Waals surface area contributed by atoms with E-state index in [1.54, 1.807) is 6.33 Å². The SMILES string of the molecule is CCN(CC)C(=O)C1(NC(=O)CSc2nncn2-c2ccc(C)cc2)CCCCC1. The third-order valence-electron chi connectivity index (χ3n) is 5.71. The van der Waals surface area contributed by atoms with E-state index in [4.69, 9.17) is 0 Å². The zero-order valence-electron chi connectivity index (χ0n) is 18.1. The van der Waals surface area contributed by atoms with Gasteiger partial charge in [-0.25, -0.2) is 0 Å². The van der Waals surface area contributed by atoms with Gasteiger partial charge < -0.3 is 10.2 Å². The number of amides is 2. The minimum Gasteiger partial charge on any atom is -0.341 e. The Morgan fingerprint density at radius 1 is 1.13 bits per heavy atom. The molecule has 1 heterocycles. The number of carbonyl (C=O) groups is 2. The van der Waals surface area contributed by atoms with Crippen molar-refractivity contribution in [2.75, 3.05) is 18.8 Å². The Bertz CT molecular complexity index is 855. The Morgan fingerprint density at radius 3 is 2.43 bits per heavy atom. The van der Waals surface area contributed by atoms with E-state index in [9.17, 15) is 9.59 Å². The monoisotopic (exact) mass is 429 g/mol. The molecular formula is C22H31N5O2S. The highest BCUT2D eigenvalue weighted by Crippen LogP contribution is 2.30. The summed E-state index contributed by atoms with van der Waals surface area (Å²) in [6.07, 6.45) is 6.09. The number of hydrogen-bond donors (Lipinski definition) is 1. The normalized spacial score (nSPS) is 15.6. The second-order valence-corrected chi connectivity index (χ2v) is 8.72. The molecule has 1 aromatic heterocycles. The molecule has 0 bridgehead atoms. The molecular weight excluding hydrogens is 398 g/mol. The van der Waals surface area contributed by atoms with Crippen molar-refractivity contribution >= 4 is 23.6 Å². The number of thioether (sulfide) groups is 1. The van der Waals surface area contributed by atoms with Crippen molar-refractivity contribution < 1.29 is 9.59 Å². The molecule has 0 atom stereocenters. The van der Waals surface area contributed by atoms with Crippen molar-refractivity contribution in [2.24, 2.45) is 0 Å². The fraction of sp³-hybridized carbons (Fsp3) is 0.545. The number of nitrogens with one attached hydrogen (secondary N) is 1. The molecule has 7 nitrogen and oxygen atoms in total. The molecule has 0 unspecified atom stereocenters. The molecule has 1 saturated carbocycles. The fourth-order valence-corrected chi connectivity index (χ4v) is 4.73. The van der Waals surface area contributed by atoms with Gasteiger partial charge in [-0.15, -0.1) is 10.2 Å². The van der Waals surface area contributed by atoms with Gasteiger partial charge in [0, 0.05) is 18.8 Å². The molecule has 162 valence electrons. The Morgan fingerprint density at radius 2 is 1.80 bits per heavy atom. The van der Waals surface area contributed by atoms with E-state index in [2.05, 4.69) is 15.5 Å². The summed E-state index contributed by atoms with van der Waals surface area (Å²) in [7, 11) is 0. The van der Waals surface area contributed by atoms with Crippen LogP contribution in [0.15, 0.2) is 35.7 Å². The molecule has 2 aromatic rings. The summed E-state index contributed by atoms with van der Waals surface area (Å²) in [6.45, 7) is 7.31. The van der Waals surface area contributed by atoms with Gasteiger partial charge in [0.05, 0.1) is 5.75 Å². The predicted octanol–water partition coefficient (Wildman–Crippen LogP) is 3.36. The highest BCUT2D eigenvalue weighted by molar-refractivity contribution is 7.99. The summed E-state index contributed by atoms with van der Waals surface area (Å²) in [5, 5.41) is 11.9. The van der Waals surface area contributed by atoms with Crippen molar-refractivity contribution in [2.45, 2.75) is 63.6 Å². The Hall–Kier alpha value is -2.35. The van der Waals surface area contributed by atoms with E-state index in [1.165, 1.54) is 17.3 Å². The zero-order valence-corrected chi connectivity index (χ0v) is 18.9. The lowest BCUT2D eigenvalue weighted by Gasteiger charge is -2.40. The largest absolute Gasteiger partial charge is 0.341 e. The average molecular weight is 430 g/mol. The topological polar surface area (TPSA) is 80.1 Å². The van der Waals surface area contributed by atoms with Gasteiger partial charge in [-0.3, -0.25) is 14.2 Å². The molecule has 0 radical (unpaired) electrons. The highest BCUT2D eigenvalue weighted by Gasteiger charge is 2.42. The number of benzene rings is 1. The Labute approximate surface area is 182 Å². The molecule has 0 spiro atoms. The zero-order chi connectivity index (χ0) is 21.6. The molecule has 0 saturated heterocycles. The van der Waals surface area contributed by atoms with Crippen LogP contribution in [0.25, 0.3) is 5.69 Å². The van der Waals surface area contributed by atoms with Crippen molar-refractivity contribution in [1.82, 2.24) is 25.0 Å². The molecule has 1 fully saturated rings. The fourth-order valence-electron chi connectivity index (χ4n) is 4.00. The van der Waals surface area contributed by atoms with Gasteiger partial charge >= 0.3 is 0 Å². The number of aryl methyl sites for hydroxylation is 1. The second kappa shape index (κ2) is 10.1. The first-order valence-corrected chi connectivity index (χ1v) is 11.7. The molecule has 8 heteroatoms. The quantitative estimate of drug-likeness (QED) is 0.651. The maximum absolute atomic E-state index is 13.2. The first kappa shape index (κ1) is 22.3. The summed E-state index contributed by atoms with van der Waals surface area (Å²) in [5.41, 5.74) is 1.36. The number of likely N-dealkylation sites (N-methyl/N-ethyl adjacent to an activating group) is 1. The van der Waals surface area contributed by atoms with Gasteiger partial charge in [0.1, 0.15) is 11.9 Å². The highest BCUT2D eigenvalue weighted by atomic mass is 32.2. The first-order chi connectivity index (χ1) is 14.5. The summed E-state index contributed by atoms with van der Waals surface area (Å²) < 4.78 is 1.87. The van der Waals surface area contributed by atoms with Gasteiger partial charge in [0.15, 0.2) is 5.16 Å². The smallest absolute Gasteiger partial charge is 0.248 e. The van der Waals surface area contributed by atoms with E-state index in [-0.39, 0.29) is 17.6 Å². The van der Waals surface area contributed by atoms with Crippen LogP contribution < -0.4 is 5.32 Å². The van der Waals surface area contributed by atoms with Gasteiger partial charge in [-0.2, -0.15) is 0 Å². The van der Waals surface area contributed by atoms with Gasteiger partial charge in [-0.1, -0.05) is 48.7 Å². The number of aromatic nitrogens is 3. The molecule has 1 aliphatic carbocycles. The van der Waals surface area contributed by atoms with Crippen LogP contribution in [0.4, 0.5) is 0 Å². The maximum Gasteiger partial charge on any atom is 0.248 e. The summed E-state index contributed by atoms with van der Waals surface area (Å²) >= 11 is 1.33. The van der Waals surface area contributed by atoms with Crippen LogP contribution >= 0.6 is 11.8 Å². The molecule has 1 aromatic carbocycles. The molecule has 2 amide bonds. The third-order valence-corrected chi connectivity index (χ3v) is 6.65. The Balaban J connectivity index is 1.68. The van der Waals surface area contributed by atoms with E-state index in [0.717, 1.165) is 24.9 Å². The number of nitrogens with zero attached hydrogens (tertiary/aromatic N) is 4. The lowest BCUT2D eigenvalue weighted by Crippen LogP contribution is -2.60. The first-order valence-electron chi connectivity index (χ1n) is 10.7. The van der Waals surface area contributed by atoms with Gasteiger partial charge in [0.2, 0.25) is 11.8 Å².